The van der Waals surface area contributed by atoms with Gasteiger partial charge in [-0.2, -0.15) is 0 Å². The van der Waals surface area contributed by atoms with Crippen LogP contribution >= 0.6 is 0 Å². The van der Waals surface area contributed by atoms with Gasteiger partial charge in [-0.05, 0) is 30.5 Å². The van der Waals surface area contributed by atoms with Crippen LogP contribution in [0.25, 0.3) is 0 Å². The molecule has 1 atom stereocenters. The van der Waals surface area contributed by atoms with Crippen LogP contribution in [0, 0.1) is 11.2 Å². The molecule has 2 N–H and O–H groups in total. The molecule has 1 aliphatic carbocycles. The largest absolute Gasteiger partial charge is 0.330 e. The van der Waals surface area contributed by atoms with E-state index < -0.39 is 11.6 Å². The molecule has 0 amide bonds. The van der Waals surface area contributed by atoms with Crippen molar-refractivity contribution < 1.29 is 8.78 Å². The highest BCUT2D eigenvalue weighted by atomic mass is 19.1. The fourth-order valence-corrected chi connectivity index (χ4v) is 2.18. The van der Waals surface area contributed by atoms with Crippen molar-refractivity contribution >= 4 is 0 Å². The lowest BCUT2D eigenvalue weighted by Crippen LogP contribution is -2.41. The Hall–Kier alpha value is -0.960. The molecule has 1 saturated carbocycles. The highest BCUT2D eigenvalue weighted by Gasteiger charge is 2.44. The highest BCUT2D eigenvalue weighted by molar-refractivity contribution is 5.22. The van der Waals surface area contributed by atoms with Crippen LogP contribution < -0.4 is 5.73 Å². The Morgan fingerprint density at radius 3 is 2.27 bits per heavy atom. The summed E-state index contributed by atoms with van der Waals surface area (Å²) in [7, 11) is 0. The van der Waals surface area contributed by atoms with Crippen LogP contribution in [0.5, 0.6) is 0 Å². The molecule has 2 rings (SSSR count). The summed E-state index contributed by atoms with van der Waals surface area (Å²) < 4.78 is 26.8. The number of nitrogens with two attached hydrogens (primary N) is 1. The van der Waals surface area contributed by atoms with Gasteiger partial charge < -0.3 is 5.73 Å². The molecule has 3 heteroatoms. The Balaban J connectivity index is 2.19. The molecule has 1 unspecified atom stereocenters. The van der Waals surface area contributed by atoms with Crippen molar-refractivity contribution in [2.24, 2.45) is 11.1 Å². The van der Waals surface area contributed by atoms with E-state index >= 15 is 0 Å². The number of benzene rings is 1. The van der Waals surface area contributed by atoms with Crippen molar-refractivity contribution in [1.82, 2.24) is 0 Å². The summed E-state index contributed by atoms with van der Waals surface area (Å²) in [5.74, 6) is -0.332. The van der Waals surface area contributed by atoms with E-state index in [1.807, 2.05) is 0 Å². The van der Waals surface area contributed by atoms with E-state index in [0.717, 1.165) is 19.3 Å². The minimum absolute atomic E-state index is 0.332. The third-order valence-electron chi connectivity index (χ3n) is 3.46. The number of alkyl halides is 1. The zero-order chi connectivity index (χ0) is 10.9. The van der Waals surface area contributed by atoms with Gasteiger partial charge >= 0.3 is 0 Å². The monoisotopic (exact) mass is 211 g/mol. The average Bonchev–Trinajstić information content (AvgIpc) is 2.18. The summed E-state index contributed by atoms with van der Waals surface area (Å²) in [6.45, 7) is 0.367. The van der Waals surface area contributed by atoms with Gasteiger partial charge in [-0.3, -0.25) is 0 Å². The first-order valence-corrected chi connectivity index (χ1v) is 5.27. The summed E-state index contributed by atoms with van der Waals surface area (Å²) in [6, 6.07) is 5.61. The van der Waals surface area contributed by atoms with Crippen LogP contribution in [0.15, 0.2) is 24.3 Å². The molecule has 0 aromatic heterocycles. The predicted octanol–water partition coefficient (Wildman–Crippen LogP) is 2.97. The maximum atomic E-state index is 14.2. The van der Waals surface area contributed by atoms with Gasteiger partial charge in [-0.1, -0.05) is 18.6 Å². The van der Waals surface area contributed by atoms with Gasteiger partial charge in [0, 0.05) is 12.0 Å². The van der Waals surface area contributed by atoms with E-state index in [4.69, 9.17) is 5.73 Å². The number of hydrogen-bond donors (Lipinski definition) is 1. The molecule has 0 saturated heterocycles. The van der Waals surface area contributed by atoms with E-state index in [-0.39, 0.29) is 5.82 Å². The molecule has 1 fully saturated rings. The van der Waals surface area contributed by atoms with Gasteiger partial charge in [-0.15, -0.1) is 0 Å². The van der Waals surface area contributed by atoms with Crippen LogP contribution in [0.4, 0.5) is 8.78 Å². The second-order valence-electron chi connectivity index (χ2n) is 4.33. The molecule has 1 aliphatic rings. The second-order valence-corrected chi connectivity index (χ2v) is 4.33. The lowest BCUT2D eigenvalue weighted by molar-refractivity contribution is 0.0284. The van der Waals surface area contributed by atoms with E-state index in [1.54, 1.807) is 0 Å². The molecule has 82 valence electrons. The second kappa shape index (κ2) is 3.89. The number of halogens is 2. The molecule has 0 spiro atoms. The minimum atomic E-state index is -1.06. The fraction of sp³-hybridized carbons (Fsp3) is 0.500. The summed E-state index contributed by atoms with van der Waals surface area (Å²) >= 11 is 0. The third-order valence-corrected chi connectivity index (χ3v) is 3.46. The quantitative estimate of drug-likeness (QED) is 0.817. The van der Waals surface area contributed by atoms with Gasteiger partial charge in [0.05, 0.1) is 0 Å². The topological polar surface area (TPSA) is 26.0 Å². The SMILES string of the molecule is NCC1(C(F)c2ccc(F)cc2)CCC1. The lowest BCUT2D eigenvalue weighted by atomic mass is 9.64. The van der Waals surface area contributed by atoms with E-state index in [9.17, 15) is 8.78 Å². The smallest absolute Gasteiger partial charge is 0.132 e. The minimum Gasteiger partial charge on any atom is -0.330 e. The van der Waals surface area contributed by atoms with E-state index in [1.165, 1.54) is 24.3 Å². The molecule has 1 nitrogen and oxygen atoms in total. The standard InChI is InChI=1S/C12H15F2N/c13-10-4-2-9(3-5-10)11(14)12(8-15)6-1-7-12/h2-5,11H,1,6-8,15H2. The van der Waals surface area contributed by atoms with Crippen molar-refractivity contribution in [3.8, 4) is 0 Å². The Labute approximate surface area is 88.3 Å². The van der Waals surface area contributed by atoms with Crippen LogP contribution in [0.1, 0.15) is 31.0 Å². The average molecular weight is 211 g/mol. The summed E-state index contributed by atoms with van der Waals surface area (Å²) in [5.41, 5.74) is 5.77. The van der Waals surface area contributed by atoms with Crippen molar-refractivity contribution in [2.45, 2.75) is 25.4 Å². The third kappa shape index (κ3) is 1.76. The van der Waals surface area contributed by atoms with Gasteiger partial charge in [-0.25, -0.2) is 8.78 Å². The maximum absolute atomic E-state index is 14.2. The number of rotatable bonds is 3. The van der Waals surface area contributed by atoms with Crippen molar-refractivity contribution in [3.63, 3.8) is 0 Å². The molecule has 0 bridgehead atoms. The van der Waals surface area contributed by atoms with Gasteiger partial charge in [0.1, 0.15) is 12.0 Å². The molecule has 1 aromatic rings. The highest BCUT2D eigenvalue weighted by Crippen LogP contribution is 2.51. The molecule has 0 aliphatic heterocycles. The zero-order valence-corrected chi connectivity index (χ0v) is 8.55. The summed E-state index contributed by atoms with van der Waals surface area (Å²) in [5, 5.41) is 0. The molecular weight excluding hydrogens is 196 g/mol. The van der Waals surface area contributed by atoms with Gasteiger partial charge in [0.25, 0.3) is 0 Å². The predicted molar refractivity (Wildman–Crippen MR) is 55.6 cm³/mol. The van der Waals surface area contributed by atoms with Crippen molar-refractivity contribution in [3.05, 3.63) is 35.6 Å². The van der Waals surface area contributed by atoms with Crippen molar-refractivity contribution in [1.29, 1.82) is 0 Å². The van der Waals surface area contributed by atoms with Crippen LogP contribution in [0.3, 0.4) is 0 Å². The van der Waals surface area contributed by atoms with Crippen LogP contribution in [-0.4, -0.2) is 6.54 Å². The first-order chi connectivity index (χ1) is 7.18. The Kier molecular flexibility index (Phi) is 2.74. The van der Waals surface area contributed by atoms with E-state index in [2.05, 4.69) is 0 Å². The Morgan fingerprint density at radius 2 is 1.87 bits per heavy atom. The molecule has 0 radical (unpaired) electrons. The normalized spacial score (nSPS) is 20.7. The van der Waals surface area contributed by atoms with Gasteiger partial charge in [0.15, 0.2) is 0 Å². The summed E-state index contributed by atoms with van der Waals surface area (Å²) in [6.07, 6.45) is 1.65. The fourth-order valence-electron chi connectivity index (χ4n) is 2.18. The molecule has 0 heterocycles. The van der Waals surface area contributed by atoms with Crippen LogP contribution in [-0.2, 0) is 0 Å². The van der Waals surface area contributed by atoms with Gasteiger partial charge in [0.2, 0.25) is 0 Å². The first-order valence-electron chi connectivity index (χ1n) is 5.27. The Morgan fingerprint density at radius 1 is 1.27 bits per heavy atom. The zero-order valence-electron chi connectivity index (χ0n) is 8.55. The van der Waals surface area contributed by atoms with E-state index in [0.29, 0.717) is 12.1 Å². The molecule has 15 heavy (non-hydrogen) atoms. The lowest BCUT2D eigenvalue weighted by Gasteiger charge is -2.43. The first kappa shape index (κ1) is 10.6. The number of hydrogen-bond acceptors (Lipinski definition) is 1. The van der Waals surface area contributed by atoms with Crippen LogP contribution in [0.2, 0.25) is 0 Å². The molecule has 1 aromatic carbocycles. The maximum Gasteiger partial charge on any atom is 0.132 e. The summed E-state index contributed by atoms with van der Waals surface area (Å²) in [4.78, 5) is 0. The molecular formula is C12H15F2N. The Bertz CT molecular complexity index is 324. The van der Waals surface area contributed by atoms with Crippen molar-refractivity contribution in [2.75, 3.05) is 6.54 Å².